The first-order chi connectivity index (χ1) is 20.3. The van der Waals surface area contributed by atoms with E-state index in [2.05, 4.69) is 123 Å². The first-order valence-corrected chi connectivity index (χ1v) is 16.3. The second-order valence-electron chi connectivity index (χ2n) is 9.44. The summed E-state index contributed by atoms with van der Waals surface area (Å²) >= 11 is 1.07. The summed E-state index contributed by atoms with van der Waals surface area (Å²) in [7, 11) is 0. The molecule has 1 aromatic heterocycles. The molecule has 0 saturated heterocycles. The first-order valence-electron chi connectivity index (χ1n) is 13.1. The molecule has 8 rings (SSSR count). The Balaban J connectivity index is 0.00000288. The molecule has 8 heteroatoms. The Morgan fingerprint density at radius 2 is 1.43 bits per heavy atom. The third-order valence-corrected chi connectivity index (χ3v) is 10.9. The summed E-state index contributed by atoms with van der Waals surface area (Å²) < 4.78 is 9.12. The van der Waals surface area contributed by atoms with E-state index in [4.69, 9.17) is 4.74 Å². The molecule has 0 radical (unpaired) electrons. The van der Waals surface area contributed by atoms with Crippen molar-refractivity contribution in [2.75, 3.05) is 14.7 Å². The molecule has 0 fully saturated rings. The van der Waals surface area contributed by atoms with E-state index < -0.39 is 20.9 Å². The summed E-state index contributed by atoms with van der Waals surface area (Å²) in [6.07, 6.45) is 1.85. The maximum atomic E-state index is 6.40. The van der Waals surface area contributed by atoms with Gasteiger partial charge in [0, 0.05) is 21.1 Å². The molecule has 5 aromatic carbocycles. The van der Waals surface area contributed by atoms with Gasteiger partial charge in [0.15, 0.2) is 0 Å². The molecule has 0 amide bonds. The summed E-state index contributed by atoms with van der Waals surface area (Å²) in [5.74, 6) is 1.29. The van der Waals surface area contributed by atoms with Crippen molar-refractivity contribution >= 4 is 78.7 Å². The molecule has 6 aromatic rings. The van der Waals surface area contributed by atoms with Crippen molar-refractivity contribution < 1.29 is 25.8 Å². The Labute approximate surface area is 273 Å². The van der Waals surface area contributed by atoms with E-state index in [9.17, 15) is 0 Å². The number of hydrogen-bond donors (Lipinski definition) is 0. The van der Waals surface area contributed by atoms with E-state index >= 15 is 0 Å². The predicted octanol–water partition coefficient (Wildman–Crippen LogP) is 7.38. The van der Waals surface area contributed by atoms with Crippen molar-refractivity contribution in [2.45, 2.75) is 0 Å². The van der Waals surface area contributed by atoms with Crippen molar-refractivity contribution in [1.29, 1.82) is 0 Å². The Morgan fingerprint density at radius 1 is 0.690 bits per heavy atom. The van der Waals surface area contributed by atoms with Gasteiger partial charge >= 0.3 is 218 Å². The number of fused-ring (bicyclic) bond motifs is 3. The third-order valence-electron chi connectivity index (χ3n) is 6.92. The van der Waals surface area contributed by atoms with Gasteiger partial charge in [-0.1, -0.05) is 24.3 Å². The zero-order chi connectivity index (χ0) is 27.2. The van der Waals surface area contributed by atoms with E-state index in [0.717, 1.165) is 33.6 Å². The van der Waals surface area contributed by atoms with Gasteiger partial charge in [0.1, 0.15) is 0 Å². The molecule has 0 spiro atoms. The van der Waals surface area contributed by atoms with Crippen LogP contribution in [0.4, 0.5) is 39.3 Å². The van der Waals surface area contributed by atoms with Crippen LogP contribution in [0.2, 0.25) is 0 Å². The molecule has 2 aliphatic rings. The van der Waals surface area contributed by atoms with Crippen LogP contribution in [-0.2, 0) is 21.1 Å². The Hall–Kier alpha value is -3.59. The van der Waals surface area contributed by atoms with Crippen LogP contribution < -0.4 is 26.7 Å². The summed E-state index contributed by atoms with van der Waals surface area (Å²) in [6.45, 7) is 2.11. The van der Waals surface area contributed by atoms with Crippen LogP contribution in [0.5, 0.6) is 11.5 Å². The number of ether oxygens (including phenoxy) is 1. The normalized spacial score (nSPS) is 13.2. The minimum atomic E-state index is -0.553. The number of nitrogens with zero attached hydrogens (tertiary/aromatic N) is 4. The van der Waals surface area contributed by atoms with Gasteiger partial charge in [-0.25, -0.2) is 0 Å². The third kappa shape index (κ3) is 4.91. The molecule has 0 atom stereocenters. The van der Waals surface area contributed by atoms with Gasteiger partial charge in [0.2, 0.25) is 0 Å². The molecule has 0 unspecified atom stereocenters. The van der Waals surface area contributed by atoms with Crippen molar-refractivity contribution in [3.05, 3.63) is 140 Å². The average Bonchev–Trinajstić information content (AvgIpc) is 3.69. The summed E-state index contributed by atoms with van der Waals surface area (Å²) in [5, 5.41) is 2.94. The average molecular weight is 856 g/mol. The van der Waals surface area contributed by atoms with Gasteiger partial charge in [-0.05, 0) is 12.1 Å². The molecular formula is C34H21N4OPtSTe-3. The predicted molar refractivity (Wildman–Crippen MR) is 167 cm³/mol. The summed E-state index contributed by atoms with van der Waals surface area (Å²) in [5.41, 5.74) is 6.42. The number of para-hydroxylation sites is 4. The Bertz CT molecular complexity index is 1870. The number of benzene rings is 5. The second-order valence-corrected chi connectivity index (χ2v) is 13.4. The van der Waals surface area contributed by atoms with Gasteiger partial charge < -0.3 is 0 Å². The summed E-state index contributed by atoms with van der Waals surface area (Å²) in [6, 6.07) is 44.7. The summed E-state index contributed by atoms with van der Waals surface area (Å²) in [4.78, 5) is 11.2. The molecular weight excluding hydrogens is 835 g/mol. The molecule has 0 bridgehead atoms. The van der Waals surface area contributed by atoms with Crippen LogP contribution in [0.3, 0.4) is 0 Å². The fourth-order valence-electron chi connectivity index (χ4n) is 5.10. The zero-order valence-corrected chi connectivity index (χ0v) is 27.4. The van der Waals surface area contributed by atoms with E-state index in [1.54, 1.807) is 11.3 Å². The Kier molecular flexibility index (Phi) is 7.52. The van der Waals surface area contributed by atoms with E-state index in [-0.39, 0.29) is 21.1 Å². The van der Waals surface area contributed by atoms with Crippen molar-refractivity contribution in [1.82, 2.24) is 4.98 Å². The molecule has 0 N–H and O–H groups in total. The topological polar surface area (TPSA) is 31.8 Å². The second kappa shape index (κ2) is 11.6. The van der Waals surface area contributed by atoms with Crippen LogP contribution in [0.15, 0.2) is 121 Å². The number of anilines is 7. The van der Waals surface area contributed by atoms with Gasteiger partial charge in [0.05, 0.1) is 0 Å². The first kappa shape index (κ1) is 27.3. The van der Waals surface area contributed by atoms with Gasteiger partial charge in [-0.3, -0.25) is 0 Å². The molecule has 2 aliphatic heterocycles. The standard InChI is InChI=1S/C34H21N4OSTe.Pt/c1-2-9-24(10-3-1)36-23-37(29-14-5-4-13-28(29)36)25-11-8-12-26(21-25)39-27-17-18-33-31(22-27)38(34-35-19-20-40-34)30-15-6-7-16-32(30)41-33;/h1-20,23H;/q-3;. The van der Waals surface area contributed by atoms with Gasteiger partial charge in [-0.2, -0.15) is 0 Å². The van der Waals surface area contributed by atoms with Gasteiger partial charge in [0.25, 0.3) is 0 Å². The van der Waals surface area contributed by atoms with Gasteiger partial charge in [-0.15, -0.1) is 0 Å². The van der Waals surface area contributed by atoms with Crippen molar-refractivity contribution in [3.63, 3.8) is 0 Å². The zero-order valence-electron chi connectivity index (χ0n) is 22.0. The van der Waals surface area contributed by atoms with E-state index in [1.165, 1.54) is 12.9 Å². The SMILES string of the molecule is [Pt].[c-]1c(Oc2[c-]c3c(cc2)[Te]c2ccccc2N3c2nccs2)cccc1N1[CH-]N(c2ccccc2)c2ccccc21. The van der Waals surface area contributed by atoms with Crippen LogP contribution in [0, 0.1) is 18.8 Å². The molecule has 208 valence electrons. The fraction of sp³-hybridized carbons (Fsp3) is 0. The van der Waals surface area contributed by atoms with Crippen molar-refractivity contribution in [3.8, 4) is 11.5 Å². The monoisotopic (exact) mass is 858 g/mol. The van der Waals surface area contributed by atoms with E-state index in [0.29, 0.717) is 11.5 Å². The molecule has 0 saturated carbocycles. The Morgan fingerprint density at radius 3 is 2.24 bits per heavy atom. The number of rotatable bonds is 5. The van der Waals surface area contributed by atoms with Crippen LogP contribution in [0.1, 0.15) is 0 Å². The molecule has 42 heavy (non-hydrogen) atoms. The van der Waals surface area contributed by atoms with Crippen molar-refractivity contribution in [2.24, 2.45) is 0 Å². The maximum absolute atomic E-state index is 6.40. The van der Waals surface area contributed by atoms with Crippen LogP contribution >= 0.6 is 11.3 Å². The van der Waals surface area contributed by atoms with E-state index in [1.807, 2.05) is 35.8 Å². The quantitative estimate of drug-likeness (QED) is 0.133. The molecule has 3 heterocycles. The van der Waals surface area contributed by atoms with Crippen LogP contribution in [-0.4, -0.2) is 25.9 Å². The van der Waals surface area contributed by atoms with Crippen LogP contribution in [0.25, 0.3) is 0 Å². The minimum absolute atomic E-state index is 0. The number of thiazole rings is 1. The number of aromatic nitrogens is 1. The molecule has 0 aliphatic carbocycles. The molecule has 5 nitrogen and oxygen atoms in total. The number of hydrogen-bond acceptors (Lipinski definition) is 6. The fourth-order valence-corrected chi connectivity index (χ4v) is 8.68.